The predicted molar refractivity (Wildman–Crippen MR) is 51.9 cm³/mol. The smallest absolute Gasteiger partial charge is 0.0717 e. The summed E-state index contributed by atoms with van der Waals surface area (Å²) in [5.74, 6) is 0.358. The molecule has 0 bridgehead atoms. The van der Waals surface area contributed by atoms with Crippen molar-refractivity contribution in [2.45, 2.75) is 24.8 Å². The molecule has 0 N–H and O–H groups in total. The Morgan fingerprint density at radius 2 is 2.43 bits per heavy atom. The van der Waals surface area contributed by atoms with Crippen LogP contribution < -0.4 is 0 Å². The van der Waals surface area contributed by atoms with Gasteiger partial charge in [0.05, 0.1) is 25.5 Å². The van der Waals surface area contributed by atoms with Crippen LogP contribution in [0.1, 0.15) is 30.4 Å². The molecule has 1 aliphatic heterocycles. The minimum absolute atomic E-state index is 0.358. The topological polar surface area (TPSA) is 27.1 Å². The molecule has 2 aliphatic rings. The van der Waals surface area contributed by atoms with Gasteiger partial charge in [0.2, 0.25) is 0 Å². The Balaban J connectivity index is 1.80. The number of nitrogens with zero attached hydrogens (tertiary/aromatic N) is 2. The Labute approximate surface area is 83.4 Å². The maximum Gasteiger partial charge on any atom is 0.0717 e. The van der Waals surface area contributed by atoms with Gasteiger partial charge in [-0.1, -0.05) is 6.08 Å². The molecule has 1 atom stereocenters. The molecule has 14 heavy (non-hydrogen) atoms. The maximum atomic E-state index is 5.34. The van der Waals surface area contributed by atoms with Crippen molar-refractivity contribution in [3.63, 3.8) is 0 Å². The molecule has 0 unspecified atom stereocenters. The van der Waals surface area contributed by atoms with Crippen molar-refractivity contribution in [3.8, 4) is 0 Å². The number of hydrogen-bond donors (Lipinski definition) is 0. The van der Waals surface area contributed by atoms with Gasteiger partial charge < -0.3 is 4.74 Å². The van der Waals surface area contributed by atoms with Crippen LogP contribution in [0.4, 0.5) is 0 Å². The largest absolute Gasteiger partial charge is 0.376 e. The lowest BCUT2D eigenvalue weighted by molar-refractivity contribution is 0.141. The van der Waals surface area contributed by atoms with Gasteiger partial charge in [0.25, 0.3) is 0 Å². The highest BCUT2D eigenvalue weighted by Crippen LogP contribution is 2.34. The first-order chi connectivity index (χ1) is 6.93. The van der Waals surface area contributed by atoms with Crippen molar-refractivity contribution < 1.29 is 4.74 Å². The second-order valence-corrected chi connectivity index (χ2v) is 3.98. The maximum absolute atomic E-state index is 5.34. The lowest BCUT2D eigenvalue weighted by Gasteiger charge is -2.14. The third-order valence-electron chi connectivity index (χ3n) is 2.77. The summed E-state index contributed by atoms with van der Waals surface area (Å²) in [6.45, 7) is 1.40. The highest BCUT2D eigenvalue weighted by molar-refractivity contribution is 5.18. The molecule has 1 fully saturated rings. The van der Waals surface area contributed by atoms with Gasteiger partial charge in [-0.25, -0.2) is 0 Å². The zero-order valence-electron chi connectivity index (χ0n) is 8.02. The van der Waals surface area contributed by atoms with E-state index in [1.807, 2.05) is 6.20 Å². The summed E-state index contributed by atoms with van der Waals surface area (Å²) in [6, 6.07) is 0.668. The van der Waals surface area contributed by atoms with E-state index in [9.17, 15) is 0 Å². The molecule has 1 aromatic heterocycles. The first kappa shape index (κ1) is 8.24. The number of hydrogen-bond acceptors (Lipinski definition) is 2. The van der Waals surface area contributed by atoms with Crippen molar-refractivity contribution in [2.75, 3.05) is 13.2 Å². The Morgan fingerprint density at radius 1 is 1.50 bits per heavy atom. The van der Waals surface area contributed by atoms with E-state index in [-0.39, 0.29) is 0 Å². The van der Waals surface area contributed by atoms with Crippen LogP contribution in [0.5, 0.6) is 0 Å². The summed E-state index contributed by atoms with van der Waals surface area (Å²) in [4.78, 5) is 0. The van der Waals surface area contributed by atoms with Gasteiger partial charge in [-0.2, -0.15) is 5.10 Å². The van der Waals surface area contributed by atoms with Crippen LogP contribution in [0.2, 0.25) is 0 Å². The summed E-state index contributed by atoms with van der Waals surface area (Å²) in [5.41, 5.74) is 1.25. The van der Waals surface area contributed by atoms with Crippen molar-refractivity contribution >= 4 is 0 Å². The van der Waals surface area contributed by atoms with E-state index in [1.165, 1.54) is 18.4 Å². The molecular formula is C11H13N2O. The van der Waals surface area contributed by atoms with Crippen molar-refractivity contribution in [3.05, 3.63) is 30.1 Å². The normalized spacial score (nSPS) is 26.7. The lowest BCUT2D eigenvalue weighted by Crippen LogP contribution is -2.10. The fourth-order valence-electron chi connectivity index (χ4n) is 1.76. The van der Waals surface area contributed by atoms with Gasteiger partial charge >= 0.3 is 0 Å². The number of ether oxygens (including phenoxy) is 1. The van der Waals surface area contributed by atoms with Gasteiger partial charge in [0.15, 0.2) is 0 Å². The van der Waals surface area contributed by atoms with Crippen LogP contribution in [0.15, 0.2) is 18.5 Å². The molecule has 1 aromatic rings. The van der Waals surface area contributed by atoms with Crippen LogP contribution in [0.3, 0.4) is 0 Å². The molecule has 3 nitrogen and oxygen atoms in total. The van der Waals surface area contributed by atoms with Crippen LogP contribution in [-0.4, -0.2) is 23.0 Å². The molecule has 73 valence electrons. The molecule has 1 aliphatic carbocycles. The van der Waals surface area contributed by atoms with Crippen LogP contribution in [0.25, 0.3) is 0 Å². The summed E-state index contributed by atoms with van der Waals surface area (Å²) < 4.78 is 7.42. The highest BCUT2D eigenvalue weighted by atomic mass is 16.5. The van der Waals surface area contributed by atoms with Gasteiger partial charge in [0.1, 0.15) is 0 Å². The van der Waals surface area contributed by atoms with Gasteiger partial charge in [-0.15, -0.1) is 0 Å². The van der Waals surface area contributed by atoms with Crippen LogP contribution >= 0.6 is 0 Å². The second-order valence-electron chi connectivity index (χ2n) is 3.98. The molecule has 0 saturated heterocycles. The molecule has 1 saturated carbocycles. The van der Waals surface area contributed by atoms with Gasteiger partial charge in [0, 0.05) is 12.1 Å². The Kier molecular flexibility index (Phi) is 1.91. The average Bonchev–Trinajstić information content (AvgIpc) is 2.98. The molecule has 0 spiro atoms. The van der Waals surface area contributed by atoms with E-state index in [0.717, 1.165) is 6.61 Å². The van der Waals surface area contributed by atoms with E-state index in [2.05, 4.69) is 28.1 Å². The van der Waals surface area contributed by atoms with E-state index < -0.39 is 0 Å². The molecular weight excluding hydrogens is 176 g/mol. The first-order valence-corrected chi connectivity index (χ1v) is 5.12. The summed E-state index contributed by atoms with van der Waals surface area (Å²) in [5, 5.41) is 4.37. The van der Waals surface area contributed by atoms with Gasteiger partial charge in [-0.05, 0) is 24.5 Å². The summed E-state index contributed by atoms with van der Waals surface area (Å²) >= 11 is 0. The predicted octanol–water partition coefficient (Wildman–Crippen LogP) is 1.69. The standard InChI is InChI=1S/C11H13N2O/c1-2-9(8-14-5-1)10-6-12-13(7-10)11-3-4-11/h2,6-7,9,11H,3-5,8H2/t9-/m0/s1. The fourth-order valence-corrected chi connectivity index (χ4v) is 1.76. The van der Waals surface area contributed by atoms with Crippen LogP contribution in [-0.2, 0) is 4.74 Å². The van der Waals surface area contributed by atoms with Crippen molar-refractivity contribution in [1.82, 2.24) is 9.78 Å². The fraction of sp³-hybridized carbons (Fsp3) is 0.545. The molecule has 0 amide bonds. The quantitative estimate of drug-likeness (QED) is 0.708. The van der Waals surface area contributed by atoms with E-state index >= 15 is 0 Å². The summed E-state index contributed by atoms with van der Waals surface area (Å²) in [7, 11) is 0. The highest BCUT2D eigenvalue weighted by Gasteiger charge is 2.25. The Morgan fingerprint density at radius 3 is 3.14 bits per heavy atom. The zero-order valence-corrected chi connectivity index (χ0v) is 8.02. The average molecular weight is 189 g/mol. The van der Waals surface area contributed by atoms with Crippen molar-refractivity contribution in [2.24, 2.45) is 0 Å². The third-order valence-corrected chi connectivity index (χ3v) is 2.77. The van der Waals surface area contributed by atoms with Gasteiger partial charge in [-0.3, -0.25) is 4.68 Å². The summed E-state index contributed by atoms with van der Waals surface area (Å²) in [6.07, 6.45) is 11.9. The number of rotatable bonds is 2. The Bertz CT molecular complexity index is 352. The van der Waals surface area contributed by atoms with E-state index in [1.54, 1.807) is 0 Å². The molecule has 3 rings (SSSR count). The van der Waals surface area contributed by atoms with E-state index in [4.69, 9.17) is 4.74 Å². The minimum Gasteiger partial charge on any atom is -0.376 e. The minimum atomic E-state index is 0.358. The second kappa shape index (κ2) is 3.24. The molecule has 3 heteroatoms. The van der Waals surface area contributed by atoms with Crippen molar-refractivity contribution in [1.29, 1.82) is 0 Å². The molecule has 0 aromatic carbocycles. The molecule has 1 radical (unpaired) electrons. The molecule has 2 heterocycles. The SMILES string of the molecule is [C]1=C[C@H](c2cnn(C3CC3)c2)COC1. The zero-order chi connectivity index (χ0) is 9.38. The first-order valence-electron chi connectivity index (χ1n) is 5.12. The Hall–Kier alpha value is -1.09. The monoisotopic (exact) mass is 189 g/mol. The van der Waals surface area contributed by atoms with E-state index in [0.29, 0.717) is 18.6 Å². The van der Waals surface area contributed by atoms with Crippen LogP contribution in [0, 0.1) is 6.08 Å². The third kappa shape index (κ3) is 1.48. The number of aromatic nitrogens is 2. The lowest BCUT2D eigenvalue weighted by atomic mass is 10.0.